The summed E-state index contributed by atoms with van der Waals surface area (Å²) in [5.41, 5.74) is 0.986. The summed E-state index contributed by atoms with van der Waals surface area (Å²) in [7, 11) is 0. The number of rotatable bonds is 7. The van der Waals surface area contributed by atoms with E-state index in [4.69, 9.17) is 9.57 Å². The van der Waals surface area contributed by atoms with Crippen LogP contribution in [0.5, 0.6) is 11.5 Å². The van der Waals surface area contributed by atoms with Crippen molar-refractivity contribution < 1.29 is 9.57 Å². The highest BCUT2D eigenvalue weighted by Gasteiger charge is 1.96. The van der Waals surface area contributed by atoms with E-state index < -0.39 is 0 Å². The number of oxime groups is 1. The van der Waals surface area contributed by atoms with Crippen LogP contribution in [-0.2, 0) is 4.84 Å². The SMILES string of the molecule is CC(C)CCON=Cc1ccc(Oc2ccccc2)cc1. The number of ether oxygens (including phenoxy) is 1. The predicted octanol–water partition coefficient (Wildman–Crippen LogP) is 4.88. The largest absolute Gasteiger partial charge is 0.457 e. The van der Waals surface area contributed by atoms with Gasteiger partial charge in [0.2, 0.25) is 0 Å². The summed E-state index contributed by atoms with van der Waals surface area (Å²) in [4.78, 5) is 5.21. The van der Waals surface area contributed by atoms with E-state index in [0.29, 0.717) is 12.5 Å². The van der Waals surface area contributed by atoms with Gasteiger partial charge in [0.25, 0.3) is 0 Å². The van der Waals surface area contributed by atoms with Crippen LogP contribution in [0.25, 0.3) is 0 Å². The Morgan fingerprint density at radius 3 is 2.29 bits per heavy atom. The lowest BCUT2D eigenvalue weighted by molar-refractivity contribution is 0.134. The van der Waals surface area contributed by atoms with Crippen molar-refractivity contribution in [2.45, 2.75) is 20.3 Å². The minimum atomic E-state index is 0.634. The first-order valence-corrected chi connectivity index (χ1v) is 7.22. The molecular weight excluding hydrogens is 262 g/mol. The van der Waals surface area contributed by atoms with Crippen LogP contribution in [-0.4, -0.2) is 12.8 Å². The van der Waals surface area contributed by atoms with E-state index in [1.54, 1.807) is 6.21 Å². The van der Waals surface area contributed by atoms with Crippen LogP contribution in [0, 0.1) is 5.92 Å². The molecule has 0 radical (unpaired) electrons. The molecule has 0 saturated heterocycles. The van der Waals surface area contributed by atoms with Gasteiger partial charge in [-0.2, -0.15) is 0 Å². The highest BCUT2D eigenvalue weighted by atomic mass is 16.6. The van der Waals surface area contributed by atoms with Gasteiger partial charge in [-0.05, 0) is 54.3 Å². The molecule has 0 amide bonds. The van der Waals surface area contributed by atoms with Crippen LogP contribution in [0.15, 0.2) is 59.8 Å². The predicted molar refractivity (Wildman–Crippen MR) is 86.0 cm³/mol. The summed E-state index contributed by atoms with van der Waals surface area (Å²) >= 11 is 0. The molecule has 0 fully saturated rings. The normalized spacial score (nSPS) is 11.0. The third kappa shape index (κ3) is 5.69. The Morgan fingerprint density at radius 2 is 1.62 bits per heavy atom. The zero-order valence-electron chi connectivity index (χ0n) is 12.5. The van der Waals surface area contributed by atoms with Gasteiger partial charge in [-0.1, -0.05) is 37.2 Å². The molecule has 0 unspecified atom stereocenters. The standard InChI is InChI=1S/C18H21NO2/c1-15(2)12-13-20-19-14-16-8-10-18(11-9-16)21-17-6-4-3-5-7-17/h3-11,14-15H,12-13H2,1-2H3. The van der Waals surface area contributed by atoms with Crippen molar-refractivity contribution in [1.82, 2.24) is 0 Å². The van der Waals surface area contributed by atoms with Crippen LogP contribution in [0.4, 0.5) is 0 Å². The van der Waals surface area contributed by atoms with Gasteiger partial charge in [-0.15, -0.1) is 0 Å². The molecular formula is C18H21NO2. The minimum absolute atomic E-state index is 0.634. The van der Waals surface area contributed by atoms with E-state index in [-0.39, 0.29) is 0 Å². The molecule has 0 atom stereocenters. The van der Waals surface area contributed by atoms with Crippen LogP contribution in [0.3, 0.4) is 0 Å². The zero-order valence-corrected chi connectivity index (χ0v) is 12.5. The van der Waals surface area contributed by atoms with E-state index in [9.17, 15) is 0 Å². The summed E-state index contributed by atoms with van der Waals surface area (Å²) < 4.78 is 5.73. The summed E-state index contributed by atoms with van der Waals surface area (Å²) in [5, 5.41) is 3.96. The van der Waals surface area contributed by atoms with Gasteiger partial charge in [0.05, 0.1) is 6.21 Å². The monoisotopic (exact) mass is 283 g/mol. The second-order valence-electron chi connectivity index (χ2n) is 5.23. The summed E-state index contributed by atoms with van der Waals surface area (Å²) in [5.74, 6) is 2.27. The van der Waals surface area contributed by atoms with Gasteiger partial charge in [-0.25, -0.2) is 0 Å². The Labute approximate surface area is 126 Å². The molecule has 0 heterocycles. The molecule has 2 aromatic carbocycles. The number of nitrogens with zero attached hydrogens (tertiary/aromatic N) is 1. The Morgan fingerprint density at radius 1 is 0.952 bits per heavy atom. The molecule has 3 heteroatoms. The minimum Gasteiger partial charge on any atom is -0.457 e. The Kier molecular flexibility index (Phi) is 5.83. The first-order valence-electron chi connectivity index (χ1n) is 7.22. The maximum Gasteiger partial charge on any atom is 0.127 e. The highest BCUT2D eigenvalue weighted by molar-refractivity contribution is 5.79. The lowest BCUT2D eigenvalue weighted by Gasteiger charge is -2.05. The topological polar surface area (TPSA) is 30.8 Å². The Bertz CT molecular complexity index is 547. The molecule has 0 aromatic heterocycles. The molecule has 0 saturated carbocycles. The fraction of sp³-hybridized carbons (Fsp3) is 0.278. The summed E-state index contributed by atoms with van der Waals surface area (Å²) in [6.07, 6.45) is 2.73. The number of benzene rings is 2. The van der Waals surface area contributed by atoms with Gasteiger partial charge in [0.1, 0.15) is 18.1 Å². The molecule has 0 bridgehead atoms. The smallest absolute Gasteiger partial charge is 0.127 e. The zero-order chi connectivity index (χ0) is 14.9. The summed E-state index contributed by atoms with van der Waals surface area (Å²) in [6, 6.07) is 17.5. The second-order valence-corrected chi connectivity index (χ2v) is 5.23. The second kappa shape index (κ2) is 8.10. The van der Waals surface area contributed by atoms with Gasteiger partial charge < -0.3 is 9.57 Å². The molecule has 3 nitrogen and oxygen atoms in total. The van der Waals surface area contributed by atoms with E-state index in [1.807, 2.05) is 54.6 Å². The summed E-state index contributed by atoms with van der Waals surface area (Å²) in [6.45, 7) is 4.99. The first kappa shape index (κ1) is 15.1. The fourth-order valence-corrected chi connectivity index (χ4v) is 1.69. The molecule has 2 aromatic rings. The highest BCUT2D eigenvalue weighted by Crippen LogP contribution is 2.20. The van der Waals surface area contributed by atoms with E-state index in [0.717, 1.165) is 23.5 Å². The third-order valence-electron chi connectivity index (χ3n) is 2.92. The fourth-order valence-electron chi connectivity index (χ4n) is 1.69. The third-order valence-corrected chi connectivity index (χ3v) is 2.92. The average Bonchev–Trinajstić information content (AvgIpc) is 2.49. The lowest BCUT2D eigenvalue weighted by atomic mass is 10.1. The van der Waals surface area contributed by atoms with E-state index in [1.165, 1.54) is 0 Å². The molecule has 21 heavy (non-hydrogen) atoms. The maximum atomic E-state index is 5.73. The van der Waals surface area contributed by atoms with Crippen molar-refractivity contribution >= 4 is 6.21 Å². The maximum absolute atomic E-state index is 5.73. The average molecular weight is 283 g/mol. The van der Waals surface area contributed by atoms with Crippen molar-refractivity contribution in [3.63, 3.8) is 0 Å². The van der Waals surface area contributed by atoms with Gasteiger partial charge in [0, 0.05) is 0 Å². The molecule has 110 valence electrons. The molecule has 2 rings (SSSR count). The molecule has 0 spiro atoms. The van der Waals surface area contributed by atoms with Crippen molar-refractivity contribution in [1.29, 1.82) is 0 Å². The van der Waals surface area contributed by atoms with Gasteiger partial charge in [0.15, 0.2) is 0 Å². The van der Waals surface area contributed by atoms with Gasteiger partial charge in [-0.3, -0.25) is 0 Å². The van der Waals surface area contributed by atoms with Crippen molar-refractivity contribution in [3.8, 4) is 11.5 Å². The Balaban J connectivity index is 1.83. The van der Waals surface area contributed by atoms with Crippen molar-refractivity contribution in [3.05, 3.63) is 60.2 Å². The van der Waals surface area contributed by atoms with Gasteiger partial charge >= 0.3 is 0 Å². The lowest BCUT2D eigenvalue weighted by Crippen LogP contribution is -1.94. The number of hydrogen-bond acceptors (Lipinski definition) is 3. The molecule has 0 aliphatic heterocycles. The number of hydrogen-bond donors (Lipinski definition) is 0. The first-order chi connectivity index (χ1) is 10.2. The number of para-hydroxylation sites is 1. The van der Waals surface area contributed by atoms with Crippen LogP contribution >= 0.6 is 0 Å². The molecule has 0 aliphatic rings. The van der Waals surface area contributed by atoms with Crippen molar-refractivity contribution in [2.75, 3.05) is 6.61 Å². The van der Waals surface area contributed by atoms with Crippen molar-refractivity contribution in [2.24, 2.45) is 11.1 Å². The molecule has 0 N–H and O–H groups in total. The van der Waals surface area contributed by atoms with E-state index in [2.05, 4.69) is 19.0 Å². The molecule has 0 aliphatic carbocycles. The van der Waals surface area contributed by atoms with Crippen LogP contribution in [0.1, 0.15) is 25.8 Å². The quantitative estimate of drug-likeness (QED) is 0.412. The van der Waals surface area contributed by atoms with Crippen LogP contribution in [0.2, 0.25) is 0 Å². The Hall–Kier alpha value is -2.29. The van der Waals surface area contributed by atoms with Crippen LogP contribution < -0.4 is 4.74 Å². The van der Waals surface area contributed by atoms with E-state index >= 15 is 0 Å².